The van der Waals surface area contributed by atoms with Gasteiger partial charge in [0.25, 0.3) is 0 Å². The summed E-state index contributed by atoms with van der Waals surface area (Å²) in [6.07, 6.45) is 8.92. The van der Waals surface area contributed by atoms with Crippen LogP contribution in [0.5, 0.6) is 0 Å². The van der Waals surface area contributed by atoms with Gasteiger partial charge in [-0.1, -0.05) is 13.0 Å². The average Bonchev–Trinajstić information content (AvgIpc) is 3.33. The van der Waals surface area contributed by atoms with Gasteiger partial charge in [0.1, 0.15) is 5.82 Å². The smallest absolute Gasteiger partial charge is 0.194 e. The Balaban J connectivity index is 1.50. The van der Waals surface area contributed by atoms with Crippen LogP contribution in [-0.4, -0.2) is 83.2 Å². The van der Waals surface area contributed by atoms with Crippen LogP contribution in [0.15, 0.2) is 42.0 Å². The van der Waals surface area contributed by atoms with Gasteiger partial charge >= 0.3 is 0 Å². The SMILES string of the molecule is CCNC(=NCc1cccnc1N1CCN(C)CC1)N1CCC(C)C(n2ccnc2)C1. The zero-order valence-electron chi connectivity index (χ0n) is 19.1. The molecule has 0 bridgehead atoms. The van der Waals surface area contributed by atoms with Crippen molar-refractivity contribution >= 4 is 11.8 Å². The van der Waals surface area contributed by atoms with Crippen molar-refractivity contribution in [1.82, 2.24) is 29.7 Å². The Morgan fingerprint density at radius 1 is 1.19 bits per heavy atom. The van der Waals surface area contributed by atoms with Gasteiger partial charge in [-0.2, -0.15) is 0 Å². The molecule has 1 N–H and O–H groups in total. The highest BCUT2D eigenvalue weighted by atomic mass is 15.3. The largest absolute Gasteiger partial charge is 0.357 e. The Bertz CT molecular complexity index is 841. The van der Waals surface area contributed by atoms with Crippen LogP contribution in [0, 0.1) is 5.92 Å². The molecular formula is C23H36N8. The van der Waals surface area contributed by atoms with Gasteiger partial charge < -0.3 is 24.6 Å². The molecule has 168 valence electrons. The molecule has 0 amide bonds. The van der Waals surface area contributed by atoms with Gasteiger partial charge in [-0.3, -0.25) is 0 Å². The van der Waals surface area contributed by atoms with E-state index in [9.17, 15) is 0 Å². The number of nitrogens with zero attached hydrogens (tertiary/aromatic N) is 7. The molecule has 2 aliphatic heterocycles. The fourth-order valence-electron chi connectivity index (χ4n) is 4.54. The number of guanidine groups is 1. The van der Waals surface area contributed by atoms with Crippen LogP contribution in [0.4, 0.5) is 5.82 Å². The van der Waals surface area contributed by atoms with E-state index >= 15 is 0 Å². The number of likely N-dealkylation sites (N-methyl/N-ethyl adjacent to an activating group) is 1. The third-order valence-electron chi connectivity index (χ3n) is 6.53. The number of likely N-dealkylation sites (tertiary alicyclic amines) is 1. The Morgan fingerprint density at radius 3 is 2.77 bits per heavy atom. The Morgan fingerprint density at radius 2 is 2.03 bits per heavy atom. The van der Waals surface area contributed by atoms with Gasteiger partial charge in [0.15, 0.2) is 5.96 Å². The third-order valence-corrected chi connectivity index (χ3v) is 6.53. The van der Waals surface area contributed by atoms with Crippen LogP contribution in [0.2, 0.25) is 0 Å². The van der Waals surface area contributed by atoms with Crippen molar-refractivity contribution in [3.8, 4) is 0 Å². The average molecular weight is 425 g/mol. The predicted molar refractivity (Wildman–Crippen MR) is 125 cm³/mol. The van der Waals surface area contributed by atoms with E-state index in [2.05, 4.69) is 62.7 Å². The number of imidazole rings is 1. The van der Waals surface area contributed by atoms with Crippen molar-refractivity contribution in [2.45, 2.75) is 32.9 Å². The van der Waals surface area contributed by atoms with E-state index in [0.29, 0.717) is 18.5 Å². The summed E-state index contributed by atoms with van der Waals surface area (Å²) in [6, 6.07) is 4.61. The van der Waals surface area contributed by atoms with E-state index in [-0.39, 0.29) is 0 Å². The summed E-state index contributed by atoms with van der Waals surface area (Å²) in [6.45, 7) is 12.1. The zero-order valence-corrected chi connectivity index (χ0v) is 19.1. The number of hydrogen-bond acceptors (Lipinski definition) is 5. The molecule has 2 saturated heterocycles. The molecule has 0 aliphatic carbocycles. The minimum Gasteiger partial charge on any atom is -0.357 e. The van der Waals surface area contributed by atoms with Gasteiger partial charge in [0, 0.05) is 70.0 Å². The second-order valence-corrected chi connectivity index (χ2v) is 8.74. The van der Waals surface area contributed by atoms with Crippen LogP contribution >= 0.6 is 0 Å². The maximum absolute atomic E-state index is 5.05. The number of pyridine rings is 1. The first kappa shape index (κ1) is 21.6. The van der Waals surface area contributed by atoms with Crippen molar-refractivity contribution in [1.29, 1.82) is 0 Å². The van der Waals surface area contributed by atoms with Gasteiger partial charge in [0.2, 0.25) is 0 Å². The van der Waals surface area contributed by atoms with E-state index in [4.69, 9.17) is 9.98 Å². The Hall–Kier alpha value is -2.61. The monoisotopic (exact) mass is 424 g/mol. The number of hydrogen-bond donors (Lipinski definition) is 1. The lowest BCUT2D eigenvalue weighted by Gasteiger charge is -2.39. The molecule has 4 rings (SSSR count). The lowest BCUT2D eigenvalue weighted by molar-refractivity contribution is 0.189. The van der Waals surface area contributed by atoms with Crippen LogP contribution in [0.1, 0.15) is 31.9 Å². The highest BCUT2D eigenvalue weighted by Gasteiger charge is 2.29. The van der Waals surface area contributed by atoms with Crippen molar-refractivity contribution in [3.63, 3.8) is 0 Å². The summed E-state index contributed by atoms with van der Waals surface area (Å²) in [5.41, 5.74) is 1.19. The molecule has 2 atom stereocenters. The summed E-state index contributed by atoms with van der Waals surface area (Å²) in [7, 11) is 2.18. The quantitative estimate of drug-likeness (QED) is 0.586. The first-order valence-corrected chi connectivity index (χ1v) is 11.5. The summed E-state index contributed by atoms with van der Waals surface area (Å²) in [5, 5.41) is 3.52. The van der Waals surface area contributed by atoms with E-state index in [1.165, 1.54) is 5.56 Å². The van der Waals surface area contributed by atoms with Crippen LogP contribution in [0.25, 0.3) is 0 Å². The normalized spacial score (nSPS) is 23.3. The highest BCUT2D eigenvalue weighted by molar-refractivity contribution is 5.80. The zero-order chi connectivity index (χ0) is 21.6. The van der Waals surface area contributed by atoms with Crippen molar-refractivity contribution in [2.75, 3.05) is 57.8 Å². The first-order chi connectivity index (χ1) is 15.2. The van der Waals surface area contributed by atoms with Crippen LogP contribution < -0.4 is 10.2 Å². The van der Waals surface area contributed by atoms with Crippen molar-refractivity contribution in [2.24, 2.45) is 10.9 Å². The van der Waals surface area contributed by atoms with E-state index in [0.717, 1.165) is 64.0 Å². The van der Waals surface area contributed by atoms with Crippen molar-refractivity contribution < 1.29 is 0 Å². The molecule has 2 fully saturated rings. The molecule has 31 heavy (non-hydrogen) atoms. The number of nitrogens with one attached hydrogen (secondary N) is 1. The first-order valence-electron chi connectivity index (χ1n) is 11.5. The molecule has 2 aliphatic rings. The van der Waals surface area contributed by atoms with Gasteiger partial charge in [-0.05, 0) is 32.4 Å². The topological polar surface area (TPSA) is 64.8 Å². The maximum Gasteiger partial charge on any atom is 0.194 e. The lowest BCUT2D eigenvalue weighted by atomic mass is 9.93. The van der Waals surface area contributed by atoms with Gasteiger partial charge in [0.05, 0.1) is 18.9 Å². The summed E-state index contributed by atoms with van der Waals surface area (Å²) < 4.78 is 2.24. The van der Waals surface area contributed by atoms with Crippen LogP contribution in [0.3, 0.4) is 0 Å². The Labute approximate surface area is 186 Å². The fourth-order valence-corrected chi connectivity index (χ4v) is 4.54. The number of aromatic nitrogens is 3. The van der Waals surface area contributed by atoms with E-state index < -0.39 is 0 Å². The summed E-state index contributed by atoms with van der Waals surface area (Å²) in [5.74, 6) is 2.70. The van der Waals surface area contributed by atoms with Crippen LogP contribution in [-0.2, 0) is 6.54 Å². The molecule has 2 unspecified atom stereocenters. The van der Waals surface area contributed by atoms with E-state index in [1.54, 1.807) is 0 Å². The van der Waals surface area contributed by atoms with E-state index in [1.807, 2.05) is 24.8 Å². The molecule has 2 aromatic heterocycles. The number of piperazine rings is 1. The molecular weight excluding hydrogens is 388 g/mol. The second-order valence-electron chi connectivity index (χ2n) is 8.74. The molecule has 0 spiro atoms. The fraction of sp³-hybridized carbons (Fsp3) is 0.609. The van der Waals surface area contributed by atoms with Gasteiger partial charge in [-0.25, -0.2) is 15.0 Å². The number of anilines is 1. The molecule has 0 saturated carbocycles. The standard InChI is InChI=1S/C23H36N8/c1-4-25-23(30-10-7-19(2)21(17-30)31-11-9-24-18-31)27-16-20-6-5-8-26-22(20)29-14-12-28(3)13-15-29/h5-6,8-9,11,18-19,21H,4,7,10,12-17H2,1-3H3,(H,25,27). The maximum atomic E-state index is 5.05. The minimum atomic E-state index is 0.416. The van der Waals surface area contributed by atoms with Crippen molar-refractivity contribution in [3.05, 3.63) is 42.6 Å². The number of rotatable bonds is 5. The molecule has 2 aromatic rings. The van der Waals surface area contributed by atoms with Gasteiger partial charge in [-0.15, -0.1) is 0 Å². The number of aliphatic imine (C=N–C) groups is 1. The summed E-state index contributed by atoms with van der Waals surface area (Å²) in [4.78, 5) is 21.2. The predicted octanol–water partition coefficient (Wildman–Crippen LogP) is 2.08. The highest BCUT2D eigenvalue weighted by Crippen LogP contribution is 2.27. The molecule has 4 heterocycles. The molecule has 8 nitrogen and oxygen atoms in total. The molecule has 0 aromatic carbocycles. The molecule has 8 heteroatoms. The minimum absolute atomic E-state index is 0.416. The third kappa shape index (κ3) is 5.18. The molecule has 0 radical (unpaired) electrons. The lowest BCUT2D eigenvalue weighted by Crippen LogP contribution is -2.49. The second kappa shape index (κ2) is 10.1. The Kier molecular flexibility index (Phi) is 7.06. The summed E-state index contributed by atoms with van der Waals surface area (Å²) >= 11 is 0. The number of piperidine rings is 1.